The fourth-order valence-electron chi connectivity index (χ4n) is 1.92. The van der Waals surface area contributed by atoms with Gasteiger partial charge < -0.3 is 9.47 Å². The van der Waals surface area contributed by atoms with Gasteiger partial charge >= 0.3 is 0 Å². The number of aryl methyl sites for hydroxylation is 1. The molecule has 1 aromatic carbocycles. The average Bonchev–Trinajstić information content (AvgIpc) is 2.32. The number of para-hydroxylation sites is 2. The van der Waals surface area contributed by atoms with Gasteiger partial charge in [0.05, 0.1) is 11.0 Å². The molecule has 0 aliphatic rings. The van der Waals surface area contributed by atoms with Crippen molar-refractivity contribution >= 4 is 16.9 Å². The third-order valence-corrected chi connectivity index (χ3v) is 2.71. The summed E-state index contributed by atoms with van der Waals surface area (Å²) in [4.78, 5) is 18.4. The number of rotatable bonds is 3. The number of fused-ring (bicyclic) bond motifs is 1. The van der Waals surface area contributed by atoms with Crippen LogP contribution in [0.1, 0.15) is 13.3 Å². The molecule has 90 valence electrons. The molecule has 4 nitrogen and oxygen atoms in total. The largest absolute Gasteiger partial charge is 0.358 e. The van der Waals surface area contributed by atoms with Crippen molar-refractivity contribution in [2.75, 3.05) is 19.0 Å². The maximum Gasteiger partial charge on any atom is 0.293 e. The summed E-state index contributed by atoms with van der Waals surface area (Å²) in [6.07, 6.45) is 0.931. The molecule has 0 saturated carbocycles. The molecule has 1 aromatic heterocycles. The van der Waals surface area contributed by atoms with Crippen molar-refractivity contribution in [3.05, 3.63) is 34.6 Å². The van der Waals surface area contributed by atoms with Crippen LogP contribution in [0.25, 0.3) is 11.0 Å². The van der Waals surface area contributed by atoms with Gasteiger partial charge in [0, 0.05) is 20.6 Å². The molecular weight excluding hydrogens is 214 g/mol. The van der Waals surface area contributed by atoms with Gasteiger partial charge in [-0.1, -0.05) is 19.1 Å². The minimum atomic E-state index is -0.0180. The minimum absolute atomic E-state index is 0.0180. The predicted octanol–water partition coefficient (Wildman–Crippen LogP) is 1.87. The van der Waals surface area contributed by atoms with Crippen molar-refractivity contribution in [1.82, 2.24) is 9.55 Å². The number of aromatic nitrogens is 2. The van der Waals surface area contributed by atoms with Crippen LogP contribution in [0, 0.1) is 0 Å². The van der Waals surface area contributed by atoms with E-state index in [0.29, 0.717) is 5.82 Å². The highest BCUT2D eigenvalue weighted by molar-refractivity contribution is 5.76. The molecule has 2 rings (SSSR count). The van der Waals surface area contributed by atoms with Crippen LogP contribution in [0.15, 0.2) is 29.1 Å². The van der Waals surface area contributed by atoms with Gasteiger partial charge in [0.1, 0.15) is 0 Å². The van der Waals surface area contributed by atoms with Crippen molar-refractivity contribution in [1.29, 1.82) is 0 Å². The van der Waals surface area contributed by atoms with Crippen LogP contribution in [0.4, 0.5) is 5.82 Å². The highest BCUT2D eigenvalue weighted by Crippen LogP contribution is 2.13. The van der Waals surface area contributed by atoms with E-state index >= 15 is 0 Å². The Labute approximate surface area is 101 Å². The van der Waals surface area contributed by atoms with E-state index in [4.69, 9.17) is 0 Å². The summed E-state index contributed by atoms with van der Waals surface area (Å²) in [6.45, 7) is 2.79. The zero-order valence-electron chi connectivity index (χ0n) is 10.5. The number of hydrogen-bond acceptors (Lipinski definition) is 3. The van der Waals surface area contributed by atoms with Gasteiger partial charge in [-0.2, -0.15) is 0 Å². The van der Waals surface area contributed by atoms with Crippen molar-refractivity contribution in [2.45, 2.75) is 19.9 Å². The molecule has 0 spiro atoms. The molecule has 0 atom stereocenters. The summed E-state index contributed by atoms with van der Waals surface area (Å²) in [5.41, 5.74) is 1.75. The van der Waals surface area contributed by atoms with Crippen LogP contribution >= 0.6 is 0 Å². The van der Waals surface area contributed by atoms with Gasteiger partial charge in [0.25, 0.3) is 5.56 Å². The lowest BCUT2D eigenvalue weighted by molar-refractivity contribution is 0.673. The fourth-order valence-corrected chi connectivity index (χ4v) is 1.92. The summed E-state index contributed by atoms with van der Waals surface area (Å²) in [5, 5.41) is 0. The molecular formula is C13H17N3O. The van der Waals surface area contributed by atoms with Crippen LogP contribution in [0.5, 0.6) is 0 Å². The van der Waals surface area contributed by atoms with Crippen LogP contribution in [0.2, 0.25) is 0 Å². The lowest BCUT2D eigenvalue weighted by Gasteiger charge is -2.15. The van der Waals surface area contributed by atoms with E-state index in [-0.39, 0.29) is 5.56 Å². The number of nitrogens with zero attached hydrogens (tertiary/aromatic N) is 3. The van der Waals surface area contributed by atoms with Crippen molar-refractivity contribution < 1.29 is 0 Å². The Kier molecular flexibility index (Phi) is 3.13. The normalized spacial score (nSPS) is 10.8. The molecule has 0 bridgehead atoms. The first kappa shape index (κ1) is 11.6. The molecule has 0 aliphatic heterocycles. The quantitative estimate of drug-likeness (QED) is 0.809. The van der Waals surface area contributed by atoms with Gasteiger partial charge in [0.15, 0.2) is 5.82 Å². The van der Waals surface area contributed by atoms with Gasteiger partial charge in [0.2, 0.25) is 0 Å². The van der Waals surface area contributed by atoms with Crippen LogP contribution in [-0.2, 0) is 6.54 Å². The summed E-state index contributed by atoms with van der Waals surface area (Å²) in [5.74, 6) is 0.497. The molecule has 0 unspecified atom stereocenters. The molecule has 17 heavy (non-hydrogen) atoms. The SMILES string of the molecule is CCCn1c(=O)c(N(C)C)nc2ccccc21. The number of benzene rings is 1. The van der Waals surface area contributed by atoms with E-state index in [1.165, 1.54) is 0 Å². The second-order valence-corrected chi connectivity index (χ2v) is 4.28. The summed E-state index contributed by atoms with van der Waals surface area (Å²) < 4.78 is 1.80. The second-order valence-electron chi connectivity index (χ2n) is 4.28. The minimum Gasteiger partial charge on any atom is -0.358 e. The van der Waals surface area contributed by atoms with Crippen molar-refractivity contribution in [3.63, 3.8) is 0 Å². The van der Waals surface area contributed by atoms with Crippen molar-refractivity contribution in [2.24, 2.45) is 0 Å². The molecule has 0 amide bonds. The van der Waals surface area contributed by atoms with E-state index in [1.807, 2.05) is 38.4 Å². The van der Waals surface area contributed by atoms with Gasteiger partial charge in [-0.25, -0.2) is 4.98 Å². The third kappa shape index (κ3) is 2.02. The van der Waals surface area contributed by atoms with E-state index < -0.39 is 0 Å². The van der Waals surface area contributed by atoms with Crippen LogP contribution in [-0.4, -0.2) is 23.6 Å². The molecule has 1 heterocycles. The Bertz CT molecular complexity index is 587. The van der Waals surface area contributed by atoms with E-state index in [1.54, 1.807) is 9.47 Å². The maximum atomic E-state index is 12.3. The van der Waals surface area contributed by atoms with Crippen LogP contribution < -0.4 is 10.5 Å². The first-order valence-corrected chi connectivity index (χ1v) is 5.82. The van der Waals surface area contributed by atoms with Crippen molar-refractivity contribution in [3.8, 4) is 0 Å². The maximum absolute atomic E-state index is 12.3. The molecule has 0 aliphatic carbocycles. The second kappa shape index (κ2) is 4.57. The Morgan fingerprint density at radius 2 is 2.00 bits per heavy atom. The summed E-state index contributed by atoms with van der Waals surface area (Å²) in [6, 6.07) is 7.76. The molecule has 0 saturated heterocycles. The lowest BCUT2D eigenvalue weighted by Crippen LogP contribution is -2.29. The topological polar surface area (TPSA) is 38.1 Å². The zero-order valence-corrected chi connectivity index (χ0v) is 10.5. The van der Waals surface area contributed by atoms with Gasteiger partial charge in [-0.15, -0.1) is 0 Å². The highest BCUT2D eigenvalue weighted by atomic mass is 16.1. The summed E-state index contributed by atoms with van der Waals surface area (Å²) in [7, 11) is 3.68. The molecule has 0 N–H and O–H groups in total. The smallest absolute Gasteiger partial charge is 0.293 e. The fraction of sp³-hybridized carbons (Fsp3) is 0.385. The van der Waals surface area contributed by atoms with E-state index in [9.17, 15) is 4.79 Å². The highest BCUT2D eigenvalue weighted by Gasteiger charge is 2.11. The first-order chi connectivity index (χ1) is 8.15. The van der Waals surface area contributed by atoms with Gasteiger partial charge in [-0.05, 0) is 18.6 Å². The molecule has 2 aromatic rings. The lowest BCUT2D eigenvalue weighted by atomic mass is 10.3. The molecule has 0 radical (unpaired) electrons. The summed E-state index contributed by atoms with van der Waals surface area (Å²) >= 11 is 0. The Morgan fingerprint density at radius 3 is 2.65 bits per heavy atom. The number of hydrogen-bond donors (Lipinski definition) is 0. The Hall–Kier alpha value is -1.84. The van der Waals surface area contributed by atoms with E-state index in [2.05, 4.69) is 11.9 Å². The van der Waals surface area contributed by atoms with Crippen LogP contribution in [0.3, 0.4) is 0 Å². The monoisotopic (exact) mass is 231 g/mol. The number of anilines is 1. The average molecular weight is 231 g/mol. The Balaban J connectivity index is 2.80. The standard InChI is InChI=1S/C13H17N3O/c1-4-9-16-11-8-6-5-7-10(11)14-12(13(16)17)15(2)3/h5-8H,4,9H2,1-3H3. The zero-order chi connectivity index (χ0) is 12.4. The molecule has 0 fully saturated rings. The third-order valence-electron chi connectivity index (χ3n) is 2.71. The van der Waals surface area contributed by atoms with Gasteiger partial charge in [-0.3, -0.25) is 4.79 Å². The Morgan fingerprint density at radius 1 is 1.29 bits per heavy atom. The first-order valence-electron chi connectivity index (χ1n) is 5.82. The molecule has 4 heteroatoms. The van der Waals surface area contributed by atoms with E-state index in [0.717, 1.165) is 24.0 Å². The predicted molar refractivity (Wildman–Crippen MR) is 70.6 cm³/mol.